The fourth-order valence-electron chi connectivity index (χ4n) is 4.82. The molecule has 4 aromatic rings. The number of hydrogen-bond donors (Lipinski definition) is 2. The van der Waals surface area contributed by atoms with Crippen molar-refractivity contribution in [2.75, 3.05) is 43.4 Å². The molecule has 0 aliphatic carbocycles. The molecule has 0 atom stereocenters. The van der Waals surface area contributed by atoms with Gasteiger partial charge in [0.1, 0.15) is 11.5 Å². The number of carbonyl (C=O) groups excluding carboxylic acids is 1. The molecule has 2 aliphatic rings. The largest absolute Gasteiger partial charge is 0.368 e. The predicted molar refractivity (Wildman–Crippen MR) is 134 cm³/mol. The van der Waals surface area contributed by atoms with E-state index in [4.69, 9.17) is 0 Å². The van der Waals surface area contributed by atoms with Crippen LogP contribution in [0.4, 0.5) is 17.2 Å². The number of benzene rings is 1. The van der Waals surface area contributed by atoms with Crippen molar-refractivity contribution in [2.24, 2.45) is 0 Å². The zero-order chi connectivity index (χ0) is 23.2. The van der Waals surface area contributed by atoms with Crippen LogP contribution in [0, 0.1) is 6.92 Å². The SMILES string of the molecule is Cc1ccn2c(-c3ccc(Nc4ccc(N5CCN(C)CC5)cn4)c4c3CNC4=O)cnc2c1. The lowest BCUT2D eigenvalue weighted by Gasteiger charge is -2.33. The van der Waals surface area contributed by atoms with Gasteiger partial charge in [0.2, 0.25) is 0 Å². The van der Waals surface area contributed by atoms with Gasteiger partial charge < -0.3 is 20.4 Å². The normalized spacial score (nSPS) is 16.1. The molecule has 8 nitrogen and oxygen atoms in total. The van der Waals surface area contributed by atoms with Crippen molar-refractivity contribution in [1.29, 1.82) is 0 Å². The Balaban J connectivity index is 1.31. The van der Waals surface area contributed by atoms with Crippen LogP contribution in [-0.4, -0.2) is 58.4 Å². The Morgan fingerprint density at radius 1 is 1.00 bits per heavy atom. The van der Waals surface area contributed by atoms with E-state index in [-0.39, 0.29) is 5.91 Å². The van der Waals surface area contributed by atoms with Gasteiger partial charge in [-0.1, -0.05) is 6.07 Å². The third-order valence-electron chi connectivity index (χ3n) is 6.79. The molecule has 2 N–H and O–H groups in total. The summed E-state index contributed by atoms with van der Waals surface area (Å²) in [6.07, 6.45) is 5.81. The molecule has 1 saturated heterocycles. The van der Waals surface area contributed by atoms with E-state index in [2.05, 4.69) is 73.0 Å². The fourth-order valence-corrected chi connectivity index (χ4v) is 4.82. The molecule has 172 valence electrons. The van der Waals surface area contributed by atoms with Crippen molar-refractivity contribution in [1.82, 2.24) is 24.6 Å². The number of carbonyl (C=O) groups is 1. The van der Waals surface area contributed by atoms with Crippen molar-refractivity contribution in [3.8, 4) is 11.3 Å². The molecular weight excluding hydrogens is 426 g/mol. The fraction of sp³-hybridized carbons (Fsp3) is 0.269. The van der Waals surface area contributed by atoms with Gasteiger partial charge in [-0.25, -0.2) is 9.97 Å². The van der Waals surface area contributed by atoms with Crippen LogP contribution in [-0.2, 0) is 6.54 Å². The van der Waals surface area contributed by atoms with Crippen LogP contribution in [0.3, 0.4) is 0 Å². The summed E-state index contributed by atoms with van der Waals surface area (Å²) in [5.74, 6) is 0.649. The van der Waals surface area contributed by atoms with Gasteiger partial charge >= 0.3 is 0 Å². The molecule has 6 rings (SSSR count). The Morgan fingerprint density at radius 2 is 1.85 bits per heavy atom. The van der Waals surface area contributed by atoms with Crippen molar-refractivity contribution in [3.05, 3.63) is 71.7 Å². The number of imidazole rings is 1. The highest BCUT2D eigenvalue weighted by Gasteiger charge is 2.27. The minimum absolute atomic E-state index is 0.0712. The van der Waals surface area contributed by atoms with Gasteiger partial charge in [-0.3, -0.25) is 9.20 Å². The van der Waals surface area contributed by atoms with Crippen molar-refractivity contribution in [3.63, 3.8) is 0 Å². The molecule has 0 unspecified atom stereocenters. The average molecular weight is 454 g/mol. The zero-order valence-electron chi connectivity index (χ0n) is 19.4. The molecule has 8 heteroatoms. The van der Waals surface area contributed by atoms with Gasteiger partial charge in [-0.2, -0.15) is 0 Å². The van der Waals surface area contributed by atoms with E-state index in [1.165, 1.54) is 0 Å². The number of anilines is 3. The zero-order valence-corrected chi connectivity index (χ0v) is 19.4. The van der Waals surface area contributed by atoms with E-state index in [9.17, 15) is 4.79 Å². The second kappa shape index (κ2) is 8.14. The lowest BCUT2D eigenvalue weighted by molar-refractivity contribution is 0.0966. The third kappa shape index (κ3) is 3.56. The van der Waals surface area contributed by atoms with Gasteiger partial charge in [0.25, 0.3) is 5.91 Å². The molecule has 5 heterocycles. The summed E-state index contributed by atoms with van der Waals surface area (Å²) >= 11 is 0. The number of fused-ring (bicyclic) bond motifs is 2. The first-order chi connectivity index (χ1) is 16.6. The molecule has 1 fully saturated rings. The smallest absolute Gasteiger partial charge is 0.254 e. The van der Waals surface area contributed by atoms with Crippen LogP contribution in [0.5, 0.6) is 0 Å². The first-order valence-corrected chi connectivity index (χ1v) is 11.6. The average Bonchev–Trinajstić information content (AvgIpc) is 3.44. The Labute approximate surface area is 198 Å². The van der Waals surface area contributed by atoms with E-state index >= 15 is 0 Å². The van der Waals surface area contributed by atoms with Gasteiger partial charge in [0.05, 0.1) is 35.0 Å². The van der Waals surface area contributed by atoms with E-state index in [0.717, 1.165) is 71.4 Å². The molecule has 0 bridgehead atoms. The number of aryl methyl sites for hydroxylation is 1. The Bertz CT molecular complexity index is 1380. The molecule has 1 amide bonds. The quantitative estimate of drug-likeness (QED) is 0.493. The van der Waals surface area contributed by atoms with Gasteiger partial charge in [-0.05, 0) is 55.4 Å². The minimum Gasteiger partial charge on any atom is -0.368 e. The minimum atomic E-state index is -0.0712. The van der Waals surface area contributed by atoms with Crippen molar-refractivity contribution in [2.45, 2.75) is 13.5 Å². The highest BCUT2D eigenvalue weighted by atomic mass is 16.1. The topological polar surface area (TPSA) is 77.8 Å². The lowest BCUT2D eigenvalue weighted by Crippen LogP contribution is -2.44. The number of rotatable bonds is 4. The van der Waals surface area contributed by atoms with E-state index in [1.54, 1.807) is 0 Å². The number of nitrogens with zero attached hydrogens (tertiary/aromatic N) is 5. The number of pyridine rings is 2. The summed E-state index contributed by atoms with van der Waals surface area (Å²) in [6.45, 7) is 6.67. The maximum Gasteiger partial charge on any atom is 0.254 e. The molecule has 0 spiro atoms. The van der Waals surface area contributed by atoms with Gasteiger partial charge in [0, 0.05) is 44.5 Å². The molecule has 3 aromatic heterocycles. The summed E-state index contributed by atoms with van der Waals surface area (Å²) < 4.78 is 2.07. The summed E-state index contributed by atoms with van der Waals surface area (Å²) in [7, 11) is 2.15. The molecule has 2 aliphatic heterocycles. The van der Waals surface area contributed by atoms with Crippen LogP contribution in [0.1, 0.15) is 21.5 Å². The number of amides is 1. The molecule has 1 aromatic carbocycles. The predicted octanol–water partition coefficient (Wildman–Crippen LogP) is 3.44. The first kappa shape index (κ1) is 20.7. The van der Waals surface area contributed by atoms with E-state index in [1.807, 2.05) is 30.7 Å². The second-order valence-corrected chi connectivity index (χ2v) is 9.09. The Morgan fingerprint density at radius 3 is 2.65 bits per heavy atom. The van der Waals surface area contributed by atoms with Crippen LogP contribution >= 0.6 is 0 Å². The highest BCUT2D eigenvalue weighted by molar-refractivity contribution is 6.06. The van der Waals surface area contributed by atoms with Crippen LogP contribution in [0.25, 0.3) is 16.9 Å². The third-order valence-corrected chi connectivity index (χ3v) is 6.79. The highest BCUT2D eigenvalue weighted by Crippen LogP contribution is 2.35. The summed E-state index contributed by atoms with van der Waals surface area (Å²) in [5, 5.41) is 6.35. The first-order valence-electron chi connectivity index (χ1n) is 11.6. The molecular formula is C26H27N7O. The maximum atomic E-state index is 12.8. The monoisotopic (exact) mass is 453 g/mol. The molecule has 34 heavy (non-hydrogen) atoms. The maximum absolute atomic E-state index is 12.8. The number of nitrogens with one attached hydrogen (secondary N) is 2. The molecule has 0 radical (unpaired) electrons. The number of piperazine rings is 1. The summed E-state index contributed by atoms with van der Waals surface area (Å²) in [4.78, 5) is 26.7. The summed E-state index contributed by atoms with van der Waals surface area (Å²) in [5.41, 5.74) is 7.58. The van der Waals surface area contributed by atoms with Crippen LogP contribution < -0.4 is 15.5 Å². The van der Waals surface area contributed by atoms with E-state index in [0.29, 0.717) is 12.1 Å². The molecule has 0 saturated carbocycles. The number of likely N-dealkylation sites (N-methyl/N-ethyl adjacent to an activating group) is 1. The second-order valence-electron chi connectivity index (χ2n) is 9.09. The van der Waals surface area contributed by atoms with Gasteiger partial charge in [-0.15, -0.1) is 0 Å². The standard InChI is InChI=1S/C26H27N7O/c1-17-7-8-33-22(16-28-24(33)13-17)19-4-5-21(25-20(19)15-29-26(25)34)30-23-6-3-18(14-27-23)32-11-9-31(2)10-12-32/h3-8,13-14,16H,9-12,15H2,1-2H3,(H,27,30)(H,29,34). The van der Waals surface area contributed by atoms with Crippen LogP contribution in [0.15, 0.2) is 55.0 Å². The Kier molecular flexibility index (Phi) is 4.95. The van der Waals surface area contributed by atoms with Crippen molar-refractivity contribution >= 4 is 28.7 Å². The van der Waals surface area contributed by atoms with Gasteiger partial charge in [0.15, 0.2) is 0 Å². The lowest BCUT2D eigenvalue weighted by atomic mass is 9.99. The number of aromatic nitrogens is 3. The van der Waals surface area contributed by atoms with Crippen LogP contribution in [0.2, 0.25) is 0 Å². The van der Waals surface area contributed by atoms with E-state index < -0.39 is 0 Å². The Hall–Kier alpha value is -3.91. The summed E-state index contributed by atoms with van der Waals surface area (Å²) in [6, 6.07) is 12.2. The van der Waals surface area contributed by atoms with Crippen molar-refractivity contribution < 1.29 is 4.79 Å². The number of hydrogen-bond acceptors (Lipinski definition) is 6.